The molecule has 0 unspecified atom stereocenters. The van der Waals surface area contributed by atoms with Gasteiger partial charge in [0.1, 0.15) is 5.69 Å². The van der Waals surface area contributed by atoms with Gasteiger partial charge in [-0.15, -0.1) is 0 Å². The van der Waals surface area contributed by atoms with E-state index in [-0.39, 0.29) is 23.8 Å². The molecule has 2 saturated heterocycles. The van der Waals surface area contributed by atoms with Gasteiger partial charge >= 0.3 is 0 Å². The Kier molecular flexibility index (Phi) is 3.33. The van der Waals surface area contributed by atoms with Crippen molar-refractivity contribution in [3.63, 3.8) is 0 Å². The van der Waals surface area contributed by atoms with Gasteiger partial charge in [0.25, 0.3) is 5.91 Å². The first kappa shape index (κ1) is 13.9. The minimum absolute atomic E-state index is 0.0518. The van der Waals surface area contributed by atoms with Crippen molar-refractivity contribution in [2.45, 2.75) is 18.9 Å². The van der Waals surface area contributed by atoms with Crippen LogP contribution in [-0.2, 0) is 4.79 Å². The average molecular weight is 311 g/mol. The minimum atomic E-state index is -0.163. The molecule has 0 aliphatic carbocycles. The van der Waals surface area contributed by atoms with E-state index in [4.69, 9.17) is 0 Å². The van der Waals surface area contributed by atoms with Crippen molar-refractivity contribution in [3.05, 3.63) is 36.0 Å². The highest BCUT2D eigenvalue weighted by molar-refractivity contribution is 5.98. The van der Waals surface area contributed by atoms with E-state index in [1.807, 2.05) is 30.3 Å². The van der Waals surface area contributed by atoms with Crippen molar-refractivity contribution in [2.24, 2.45) is 5.92 Å². The van der Waals surface area contributed by atoms with E-state index >= 15 is 0 Å². The number of amides is 2. The fourth-order valence-electron chi connectivity index (χ4n) is 3.52. The third-order valence-corrected chi connectivity index (χ3v) is 4.66. The van der Waals surface area contributed by atoms with Crippen LogP contribution in [0.1, 0.15) is 23.3 Å². The van der Waals surface area contributed by atoms with Crippen LogP contribution >= 0.6 is 0 Å². The average Bonchev–Trinajstić information content (AvgIpc) is 3.22. The number of hydrogen-bond donors (Lipinski definition) is 2. The van der Waals surface area contributed by atoms with Gasteiger partial charge in [-0.3, -0.25) is 9.59 Å². The molecule has 2 aromatic rings. The fourth-order valence-corrected chi connectivity index (χ4v) is 3.52. The zero-order chi connectivity index (χ0) is 15.8. The van der Waals surface area contributed by atoms with Crippen LogP contribution in [0.3, 0.4) is 0 Å². The lowest BCUT2D eigenvalue weighted by Crippen LogP contribution is -2.48. The number of benzene rings is 1. The van der Waals surface area contributed by atoms with Gasteiger partial charge in [-0.1, -0.05) is 30.3 Å². The van der Waals surface area contributed by atoms with Gasteiger partial charge in [0.05, 0.1) is 12.0 Å². The molecule has 23 heavy (non-hydrogen) atoms. The number of carbonyl (C=O) groups excluding carboxylic acids is 2. The molecular weight excluding hydrogens is 294 g/mol. The number of carbonyl (C=O) groups is 2. The summed E-state index contributed by atoms with van der Waals surface area (Å²) in [6.45, 7) is 1.17. The Labute approximate surface area is 133 Å². The number of H-pyrrole nitrogens is 1. The van der Waals surface area contributed by atoms with E-state index in [2.05, 4.69) is 20.7 Å². The van der Waals surface area contributed by atoms with Crippen LogP contribution in [0.4, 0.5) is 0 Å². The summed E-state index contributed by atoms with van der Waals surface area (Å²) in [5.74, 6) is -0.209. The second kappa shape index (κ2) is 5.49. The van der Waals surface area contributed by atoms with Gasteiger partial charge in [0, 0.05) is 18.7 Å². The second-order valence-corrected chi connectivity index (χ2v) is 5.95. The van der Waals surface area contributed by atoms with Crippen molar-refractivity contribution in [1.82, 2.24) is 25.6 Å². The second-order valence-electron chi connectivity index (χ2n) is 5.95. The van der Waals surface area contributed by atoms with Crippen LogP contribution in [0.5, 0.6) is 0 Å². The molecule has 1 aromatic carbocycles. The first-order chi connectivity index (χ1) is 11.3. The highest BCUT2D eigenvalue weighted by Crippen LogP contribution is 2.29. The molecule has 2 fully saturated rings. The van der Waals surface area contributed by atoms with E-state index in [1.54, 1.807) is 4.90 Å². The van der Waals surface area contributed by atoms with Gasteiger partial charge in [-0.25, -0.2) is 0 Å². The Morgan fingerprint density at radius 1 is 1.22 bits per heavy atom. The Bertz CT molecular complexity index is 742. The number of fused-ring (bicyclic) bond motifs is 1. The van der Waals surface area contributed by atoms with Crippen molar-refractivity contribution in [3.8, 4) is 11.3 Å². The van der Waals surface area contributed by atoms with Crippen LogP contribution in [0.2, 0.25) is 0 Å². The number of aromatic amines is 1. The lowest BCUT2D eigenvalue weighted by atomic mass is 9.91. The Hall–Kier alpha value is -2.70. The molecule has 3 heterocycles. The molecule has 7 nitrogen and oxygen atoms in total. The lowest BCUT2D eigenvalue weighted by Gasteiger charge is -2.35. The summed E-state index contributed by atoms with van der Waals surface area (Å²) in [6.07, 6.45) is 1.67. The van der Waals surface area contributed by atoms with Gasteiger partial charge in [-0.2, -0.15) is 15.4 Å². The van der Waals surface area contributed by atoms with E-state index in [0.29, 0.717) is 24.5 Å². The van der Waals surface area contributed by atoms with Crippen molar-refractivity contribution in [2.75, 3.05) is 13.1 Å². The zero-order valence-corrected chi connectivity index (χ0v) is 12.5. The quantitative estimate of drug-likeness (QED) is 0.859. The molecular formula is C16H17N5O2. The van der Waals surface area contributed by atoms with Gasteiger partial charge < -0.3 is 10.2 Å². The molecule has 0 bridgehead atoms. The number of likely N-dealkylation sites (tertiary alicyclic amines) is 1. The van der Waals surface area contributed by atoms with E-state index in [0.717, 1.165) is 18.4 Å². The standard InChI is InChI=1S/C16H17N5O2/c22-15-11-7-4-8-21(12(11)9-17-15)16(23)14-13(18-20-19-14)10-5-2-1-3-6-10/h1-3,5-6,11-12H,4,7-9H2,(H,17,22)(H,18,19,20)/t11-,12-/m1/s1. The van der Waals surface area contributed by atoms with Crippen LogP contribution in [0.15, 0.2) is 30.3 Å². The van der Waals surface area contributed by atoms with E-state index < -0.39 is 0 Å². The van der Waals surface area contributed by atoms with Gasteiger partial charge in [0.2, 0.25) is 5.91 Å². The summed E-state index contributed by atoms with van der Waals surface area (Å²) < 4.78 is 0. The molecule has 4 rings (SSSR count). The summed E-state index contributed by atoms with van der Waals surface area (Å²) >= 11 is 0. The summed E-state index contributed by atoms with van der Waals surface area (Å²) in [5, 5.41) is 13.6. The Morgan fingerprint density at radius 3 is 2.87 bits per heavy atom. The highest BCUT2D eigenvalue weighted by atomic mass is 16.2. The number of hydrogen-bond acceptors (Lipinski definition) is 4. The number of rotatable bonds is 2. The van der Waals surface area contributed by atoms with Crippen LogP contribution < -0.4 is 5.32 Å². The SMILES string of the molecule is O=C1NC[C@@H]2[C@H]1CCCN2C(=O)c1n[nH]nc1-c1ccccc1. The molecule has 2 N–H and O–H groups in total. The molecule has 2 aliphatic rings. The normalized spacial score (nSPS) is 23.5. The van der Waals surface area contributed by atoms with E-state index in [9.17, 15) is 9.59 Å². The Morgan fingerprint density at radius 2 is 2.04 bits per heavy atom. The number of nitrogens with one attached hydrogen (secondary N) is 2. The summed E-state index contributed by atoms with van der Waals surface area (Å²) in [4.78, 5) is 26.6. The maximum Gasteiger partial charge on any atom is 0.277 e. The molecule has 2 aliphatic heterocycles. The summed E-state index contributed by atoms with van der Waals surface area (Å²) in [6, 6.07) is 9.42. The predicted molar refractivity (Wildman–Crippen MR) is 82.4 cm³/mol. The van der Waals surface area contributed by atoms with Crippen molar-refractivity contribution < 1.29 is 9.59 Å². The summed E-state index contributed by atoms with van der Waals surface area (Å²) in [7, 11) is 0. The minimum Gasteiger partial charge on any atom is -0.354 e. The molecule has 0 saturated carbocycles. The monoisotopic (exact) mass is 311 g/mol. The third-order valence-electron chi connectivity index (χ3n) is 4.66. The first-order valence-electron chi connectivity index (χ1n) is 7.80. The molecule has 118 valence electrons. The third kappa shape index (κ3) is 2.28. The molecule has 0 radical (unpaired) electrons. The highest BCUT2D eigenvalue weighted by Gasteiger charge is 2.43. The first-order valence-corrected chi connectivity index (χ1v) is 7.80. The largest absolute Gasteiger partial charge is 0.354 e. The van der Waals surface area contributed by atoms with Crippen molar-refractivity contribution in [1.29, 1.82) is 0 Å². The zero-order valence-electron chi connectivity index (χ0n) is 12.5. The van der Waals surface area contributed by atoms with Gasteiger partial charge in [-0.05, 0) is 12.8 Å². The fraction of sp³-hybridized carbons (Fsp3) is 0.375. The molecule has 1 aromatic heterocycles. The van der Waals surface area contributed by atoms with Crippen molar-refractivity contribution >= 4 is 11.8 Å². The number of nitrogens with zero attached hydrogens (tertiary/aromatic N) is 3. The number of aromatic nitrogens is 3. The maximum atomic E-state index is 13.0. The Balaban J connectivity index is 1.65. The van der Waals surface area contributed by atoms with Crippen LogP contribution in [0.25, 0.3) is 11.3 Å². The van der Waals surface area contributed by atoms with Crippen LogP contribution in [-0.4, -0.2) is 51.3 Å². The topological polar surface area (TPSA) is 91.0 Å². The number of piperidine rings is 1. The molecule has 2 atom stereocenters. The lowest BCUT2D eigenvalue weighted by molar-refractivity contribution is -0.123. The van der Waals surface area contributed by atoms with Crippen LogP contribution in [0, 0.1) is 5.92 Å². The molecule has 2 amide bonds. The molecule has 7 heteroatoms. The summed E-state index contributed by atoms with van der Waals surface area (Å²) in [5.41, 5.74) is 1.71. The molecule has 0 spiro atoms. The predicted octanol–water partition coefficient (Wildman–Crippen LogP) is 0.822. The smallest absolute Gasteiger partial charge is 0.277 e. The maximum absolute atomic E-state index is 13.0. The van der Waals surface area contributed by atoms with Gasteiger partial charge in [0.15, 0.2) is 5.69 Å². The van der Waals surface area contributed by atoms with E-state index in [1.165, 1.54) is 0 Å².